The van der Waals surface area contributed by atoms with Crippen molar-refractivity contribution in [1.29, 1.82) is 0 Å². The zero-order valence-corrected chi connectivity index (χ0v) is 20.8. The number of benzene rings is 3. The van der Waals surface area contributed by atoms with E-state index < -0.39 is 17.6 Å². The third-order valence-electron chi connectivity index (χ3n) is 6.99. The number of aromatic nitrogens is 3. The lowest BCUT2D eigenvalue weighted by molar-refractivity contribution is -0.141. The summed E-state index contributed by atoms with van der Waals surface area (Å²) in [6, 6.07) is 31.5. The number of ether oxygens (including phenoxy) is 1. The Balaban J connectivity index is 1.64. The quantitative estimate of drug-likeness (QED) is 0.310. The second kappa shape index (κ2) is 10.9. The number of hydrogen-bond donors (Lipinski definition) is 1. The maximum atomic E-state index is 11.9. The molecular weight excluding hydrogens is 464 g/mol. The van der Waals surface area contributed by atoms with E-state index in [1.54, 1.807) is 0 Å². The number of carbonyl (C=O) groups excluding carboxylic acids is 1. The van der Waals surface area contributed by atoms with Crippen LogP contribution >= 0.6 is 0 Å². The van der Waals surface area contributed by atoms with E-state index in [9.17, 15) is 9.90 Å². The van der Waals surface area contributed by atoms with Gasteiger partial charge in [-0.25, -0.2) is 9.67 Å². The van der Waals surface area contributed by atoms with Crippen LogP contribution in [0, 0.1) is 0 Å². The first kappa shape index (κ1) is 24.6. The fourth-order valence-corrected chi connectivity index (χ4v) is 5.24. The average Bonchev–Trinajstić information content (AvgIpc) is 3.38. The molecule has 1 unspecified atom stereocenters. The first-order valence-electron chi connectivity index (χ1n) is 12.4. The monoisotopic (exact) mass is 494 g/mol. The van der Waals surface area contributed by atoms with Crippen LogP contribution in [0.5, 0.6) is 0 Å². The van der Waals surface area contributed by atoms with E-state index in [2.05, 4.69) is 87.8 Å². The number of rotatable bonds is 7. The fraction of sp³-hybridized carbons (Fsp3) is 0.233. The largest absolute Gasteiger partial charge is 0.468 e. The first-order valence-corrected chi connectivity index (χ1v) is 12.4. The minimum Gasteiger partial charge on any atom is -0.468 e. The number of carbonyl (C=O) groups is 1. The van der Waals surface area contributed by atoms with Gasteiger partial charge in [0.15, 0.2) is 5.82 Å². The molecule has 0 amide bonds. The van der Waals surface area contributed by atoms with E-state index in [-0.39, 0.29) is 6.54 Å². The highest BCUT2D eigenvalue weighted by molar-refractivity contribution is 5.69. The summed E-state index contributed by atoms with van der Waals surface area (Å²) in [6.45, 7) is 1.15. The van der Waals surface area contributed by atoms with Crippen molar-refractivity contribution in [2.24, 2.45) is 0 Å². The lowest BCUT2D eigenvalue weighted by Gasteiger charge is -2.48. The lowest BCUT2D eigenvalue weighted by atomic mass is 9.74. The van der Waals surface area contributed by atoms with Crippen molar-refractivity contribution >= 4 is 12.0 Å². The first-order chi connectivity index (χ1) is 18.1. The van der Waals surface area contributed by atoms with Gasteiger partial charge in [-0.05, 0) is 34.8 Å². The van der Waals surface area contributed by atoms with E-state index in [0.717, 1.165) is 22.3 Å². The van der Waals surface area contributed by atoms with Gasteiger partial charge in [-0.3, -0.25) is 9.69 Å². The van der Waals surface area contributed by atoms with Crippen LogP contribution in [0.25, 0.3) is 6.08 Å². The predicted molar refractivity (Wildman–Crippen MR) is 141 cm³/mol. The summed E-state index contributed by atoms with van der Waals surface area (Å²) in [4.78, 5) is 18.6. The molecule has 1 atom stereocenters. The highest BCUT2D eigenvalue weighted by Crippen LogP contribution is 2.44. The van der Waals surface area contributed by atoms with Crippen molar-refractivity contribution in [3.05, 3.63) is 125 Å². The summed E-state index contributed by atoms with van der Waals surface area (Å²) in [5, 5.41) is 15.2. The molecule has 1 fully saturated rings. The molecule has 1 aliphatic rings. The SMILES string of the molecule is COC(=O)Cn1ncnc1/C=C1\CN(C(c2ccccc2)(c2ccccc2)c2ccccc2)CCC1O. The molecule has 0 spiro atoms. The van der Waals surface area contributed by atoms with Crippen LogP contribution in [0.4, 0.5) is 0 Å². The maximum absolute atomic E-state index is 11.9. The van der Waals surface area contributed by atoms with Crippen LogP contribution in [-0.2, 0) is 21.6 Å². The number of hydrogen-bond acceptors (Lipinski definition) is 6. The zero-order valence-electron chi connectivity index (χ0n) is 20.8. The number of piperidine rings is 1. The predicted octanol–water partition coefficient (Wildman–Crippen LogP) is 3.89. The number of likely N-dealkylation sites (tertiary alicyclic amines) is 1. The lowest BCUT2D eigenvalue weighted by Crippen LogP contribution is -2.52. The van der Waals surface area contributed by atoms with Crippen LogP contribution in [-0.4, -0.2) is 57.0 Å². The molecule has 1 aromatic heterocycles. The standard InChI is InChI=1S/C30H30N4O3/c1-37-29(36)21-34-28(31-22-32-34)19-23-20-33(18-17-27(23)35)30(24-11-5-2-6-12-24,25-13-7-3-8-14-25)26-15-9-4-10-16-26/h2-16,19,22,27,35H,17-18,20-21H2,1H3/b23-19+. The van der Waals surface area contributed by atoms with Gasteiger partial charge in [-0.15, -0.1) is 0 Å². The Labute approximate surface area is 216 Å². The molecule has 7 heteroatoms. The zero-order chi connectivity index (χ0) is 25.7. The Bertz CT molecular complexity index is 1260. The van der Waals surface area contributed by atoms with Crippen molar-refractivity contribution in [1.82, 2.24) is 19.7 Å². The summed E-state index contributed by atoms with van der Waals surface area (Å²) in [5.74, 6) is 0.0956. The third kappa shape index (κ3) is 4.83. The molecule has 5 rings (SSSR count). The van der Waals surface area contributed by atoms with Crippen molar-refractivity contribution in [2.75, 3.05) is 20.2 Å². The molecule has 0 bridgehead atoms. The number of methoxy groups -OCH3 is 1. The summed E-state index contributed by atoms with van der Waals surface area (Å²) >= 11 is 0. The number of aliphatic hydroxyl groups excluding tert-OH is 1. The topological polar surface area (TPSA) is 80.5 Å². The fourth-order valence-electron chi connectivity index (χ4n) is 5.24. The highest BCUT2D eigenvalue weighted by Gasteiger charge is 2.44. The van der Waals surface area contributed by atoms with Gasteiger partial charge in [0, 0.05) is 13.1 Å². The highest BCUT2D eigenvalue weighted by atomic mass is 16.5. The van der Waals surface area contributed by atoms with Crippen LogP contribution in [0.1, 0.15) is 28.9 Å². The van der Waals surface area contributed by atoms with E-state index >= 15 is 0 Å². The van der Waals surface area contributed by atoms with Gasteiger partial charge in [0.1, 0.15) is 12.9 Å². The van der Waals surface area contributed by atoms with Gasteiger partial charge in [0.25, 0.3) is 0 Å². The molecule has 1 saturated heterocycles. The summed E-state index contributed by atoms with van der Waals surface area (Å²) in [7, 11) is 1.34. The molecule has 2 heterocycles. The smallest absolute Gasteiger partial charge is 0.327 e. The summed E-state index contributed by atoms with van der Waals surface area (Å²) < 4.78 is 6.28. The van der Waals surface area contributed by atoms with E-state index in [1.165, 1.54) is 18.1 Å². The van der Waals surface area contributed by atoms with E-state index in [1.807, 2.05) is 24.3 Å². The maximum Gasteiger partial charge on any atom is 0.327 e. The van der Waals surface area contributed by atoms with Gasteiger partial charge >= 0.3 is 5.97 Å². The molecule has 7 nitrogen and oxygen atoms in total. The Morgan fingerprint density at radius 1 is 0.973 bits per heavy atom. The van der Waals surface area contributed by atoms with Gasteiger partial charge in [-0.1, -0.05) is 91.0 Å². The van der Waals surface area contributed by atoms with Gasteiger partial charge in [-0.2, -0.15) is 5.10 Å². The molecule has 0 radical (unpaired) electrons. The summed E-state index contributed by atoms with van der Waals surface area (Å²) in [6.07, 6.45) is 3.19. The molecule has 1 aliphatic heterocycles. The van der Waals surface area contributed by atoms with Gasteiger partial charge in [0.05, 0.1) is 18.8 Å². The number of nitrogens with zero attached hydrogens (tertiary/aromatic N) is 4. The van der Waals surface area contributed by atoms with Gasteiger partial charge < -0.3 is 9.84 Å². The van der Waals surface area contributed by atoms with Crippen LogP contribution in [0.15, 0.2) is 103 Å². The molecule has 4 aromatic rings. The van der Waals surface area contributed by atoms with Crippen LogP contribution in [0.3, 0.4) is 0 Å². The molecule has 3 aromatic carbocycles. The molecule has 0 saturated carbocycles. The Morgan fingerprint density at radius 3 is 2.03 bits per heavy atom. The minimum absolute atomic E-state index is 0.0442. The van der Waals surface area contributed by atoms with E-state index in [4.69, 9.17) is 4.74 Å². The molecule has 188 valence electrons. The van der Waals surface area contributed by atoms with E-state index in [0.29, 0.717) is 25.3 Å². The molecule has 0 aliphatic carbocycles. The van der Waals surface area contributed by atoms with Crippen LogP contribution < -0.4 is 0 Å². The minimum atomic E-state index is -0.625. The second-order valence-corrected chi connectivity index (χ2v) is 9.11. The van der Waals surface area contributed by atoms with Crippen LogP contribution in [0.2, 0.25) is 0 Å². The number of esters is 1. The molecule has 37 heavy (non-hydrogen) atoms. The van der Waals surface area contributed by atoms with Gasteiger partial charge in [0.2, 0.25) is 0 Å². The van der Waals surface area contributed by atoms with Crippen molar-refractivity contribution < 1.29 is 14.6 Å². The van der Waals surface area contributed by atoms with Crippen molar-refractivity contribution in [2.45, 2.75) is 24.6 Å². The Kier molecular flexibility index (Phi) is 7.25. The number of aliphatic hydroxyl groups is 1. The third-order valence-corrected chi connectivity index (χ3v) is 6.99. The Hall–Kier alpha value is -4.07. The van der Waals surface area contributed by atoms with Crippen molar-refractivity contribution in [3.63, 3.8) is 0 Å². The summed E-state index contributed by atoms with van der Waals surface area (Å²) in [5.41, 5.74) is 3.69. The Morgan fingerprint density at radius 2 is 1.51 bits per heavy atom. The van der Waals surface area contributed by atoms with Crippen molar-refractivity contribution in [3.8, 4) is 0 Å². The molecule has 1 N–H and O–H groups in total. The average molecular weight is 495 g/mol. The normalized spacial score (nSPS) is 17.6. The second-order valence-electron chi connectivity index (χ2n) is 9.11. The molecular formula is C30H30N4O3.